The number of nitrogens with zero attached hydrogens (tertiary/aromatic N) is 3. The van der Waals surface area contributed by atoms with Gasteiger partial charge in [0.15, 0.2) is 5.82 Å². The van der Waals surface area contributed by atoms with Crippen LogP contribution < -0.4 is 5.56 Å². The van der Waals surface area contributed by atoms with Crippen molar-refractivity contribution in [1.29, 1.82) is 0 Å². The van der Waals surface area contributed by atoms with Gasteiger partial charge in [-0.2, -0.15) is 4.98 Å². The second kappa shape index (κ2) is 4.38. The maximum atomic E-state index is 11.5. The molecule has 0 N–H and O–H groups in total. The quantitative estimate of drug-likeness (QED) is 0.789. The first kappa shape index (κ1) is 11.2. The average molecular weight is 247 g/mol. The molecule has 0 radical (unpaired) electrons. The van der Waals surface area contributed by atoms with Crippen molar-refractivity contribution in [3.05, 3.63) is 34.5 Å². The van der Waals surface area contributed by atoms with Gasteiger partial charge < -0.3 is 13.8 Å². The van der Waals surface area contributed by atoms with Crippen molar-refractivity contribution in [2.75, 3.05) is 13.2 Å². The Kier molecular flexibility index (Phi) is 2.71. The van der Waals surface area contributed by atoms with Crippen LogP contribution >= 0.6 is 0 Å². The number of aromatic nitrogens is 3. The van der Waals surface area contributed by atoms with Crippen LogP contribution in [-0.2, 0) is 11.8 Å². The van der Waals surface area contributed by atoms with E-state index in [2.05, 4.69) is 10.1 Å². The Morgan fingerprint density at radius 2 is 2.39 bits per heavy atom. The van der Waals surface area contributed by atoms with E-state index in [9.17, 15) is 4.79 Å². The summed E-state index contributed by atoms with van der Waals surface area (Å²) in [7, 11) is 1.70. The van der Waals surface area contributed by atoms with Crippen molar-refractivity contribution in [3.8, 4) is 11.5 Å². The highest BCUT2D eigenvalue weighted by Crippen LogP contribution is 2.24. The minimum Gasteiger partial charge on any atom is -0.381 e. The Morgan fingerprint density at radius 3 is 3.11 bits per heavy atom. The highest BCUT2D eigenvalue weighted by molar-refractivity contribution is 5.51. The van der Waals surface area contributed by atoms with Crippen LogP contribution in [0.2, 0.25) is 0 Å². The molecule has 1 unspecified atom stereocenters. The molecule has 1 saturated heterocycles. The molecule has 0 amide bonds. The van der Waals surface area contributed by atoms with Crippen molar-refractivity contribution >= 4 is 0 Å². The Balaban J connectivity index is 1.92. The van der Waals surface area contributed by atoms with E-state index >= 15 is 0 Å². The predicted molar refractivity (Wildman–Crippen MR) is 63.2 cm³/mol. The van der Waals surface area contributed by atoms with Gasteiger partial charge in [0.2, 0.25) is 0 Å². The molecular weight excluding hydrogens is 234 g/mol. The number of aryl methyl sites for hydroxylation is 1. The summed E-state index contributed by atoms with van der Waals surface area (Å²) in [5, 5.41) is 3.95. The van der Waals surface area contributed by atoms with Gasteiger partial charge in [0.25, 0.3) is 11.4 Å². The molecule has 0 saturated carbocycles. The molecule has 3 heterocycles. The van der Waals surface area contributed by atoms with Gasteiger partial charge in [-0.3, -0.25) is 4.79 Å². The van der Waals surface area contributed by atoms with Crippen LogP contribution in [0.1, 0.15) is 18.2 Å². The highest BCUT2D eigenvalue weighted by Gasteiger charge is 2.23. The van der Waals surface area contributed by atoms with Gasteiger partial charge >= 0.3 is 0 Å². The van der Waals surface area contributed by atoms with E-state index in [1.165, 1.54) is 10.6 Å². The molecule has 0 spiro atoms. The molecule has 0 aromatic carbocycles. The molecule has 2 aromatic rings. The molecule has 6 nitrogen and oxygen atoms in total. The van der Waals surface area contributed by atoms with Crippen LogP contribution in [0.5, 0.6) is 0 Å². The van der Waals surface area contributed by atoms with E-state index < -0.39 is 0 Å². The van der Waals surface area contributed by atoms with Crippen molar-refractivity contribution in [3.63, 3.8) is 0 Å². The lowest BCUT2D eigenvalue weighted by Gasteiger charge is -1.98. The average Bonchev–Trinajstić information content (AvgIpc) is 3.01. The first-order chi connectivity index (χ1) is 8.74. The van der Waals surface area contributed by atoms with Gasteiger partial charge in [-0.15, -0.1) is 0 Å². The number of pyridine rings is 1. The van der Waals surface area contributed by atoms with Crippen molar-refractivity contribution in [2.45, 2.75) is 12.3 Å². The Bertz CT molecular complexity index is 611. The van der Waals surface area contributed by atoms with Gasteiger partial charge in [0.1, 0.15) is 0 Å². The lowest BCUT2D eigenvalue weighted by molar-refractivity contribution is 0.192. The second-order valence-corrected chi connectivity index (χ2v) is 4.38. The van der Waals surface area contributed by atoms with Crippen LogP contribution in [0, 0.1) is 0 Å². The summed E-state index contributed by atoms with van der Waals surface area (Å²) in [5.41, 5.74) is 0.548. The molecule has 6 heteroatoms. The number of hydrogen-bond donors (Lipinski definition) is 0. The standard InChI is InChI=1S/C12H13N3O3/c1-15-4-2-8(6-10(15)16)12-13-11(14-18-12)9-3-5-17-7-9/h2,4,6,9H,3,5,7H2,1H3. The van der Waals surface area contributed by atoms with Gasteiger partial charge in [0.05, 0.1) is 6.61 Å². The second-order valence-electron chi connectivity index (χ2n) is 4.38. The van der Waals surface area contributed by atoms with E-state index in [4.69, 9.17) is 9.26 Å². The molecule has 1 fully saturated rings. The van der Waals surface area contributed by atoms with Crippen molar-refractivity contribution in [1.82, 2.24) is 14.7 Å². The van der Waals surface area contributed by atoms with E-state index in [0.717, 1.165) is 13.0 Å². The van der Waals surface area contributed by atoms with E-state index in [0.29, 0.717) is 23.9 Å². The summed E-state index contributed by atoms with van der Waals surface area (Å²) in [5.74, 6) is 1.24. The Hall–Kier alpha value is -1.95. The molecule has 1 aliphatic rings. The Labute approximate surface area is 103 Å². The number of ether oxygens (including phenoxy) is 1. The van der Waals surface area contributed by atoms with Crippen LogP contribution in [-0.4, -0.2) is 27.9 Å². The highest BCUT2D eigenvalue weighted by atomic mass is 16.5. The van der Waals surface area contributed by atoms with E-state index in [1.54, 1.807) is 19.3 Å². The fourth-order valence-corrected chi connectivity index (χ4v) is 1.94. The first-order valence-electron chi connectivity index (χ1n) is 5.82. The summed E-state index contributed by atoms with van der Waals surface area (Å²) in [6.45, 7) is 1.37. The summed E-state index contributed by atoms with van der Waals surface area (Å²) in [6.07, 6.45) is 2.59. The normalized spacial score (nSPS) is 19.3. The van der Waals surface area contributed by atoms with Crippen molar-refractivity contribution < 1.29 is 9.26 Å². The molecule has 18 heavy (non-hydrogen) atoms. The topological polar surface area (TPSA) is 70.2 Å². The van der Waals surface area contributed by atoms with Crippen molar-refractivity contribution in [2.24, 2.45) is 7.05 Å². The maximum absolute atomic E-state index is 11.5. The first-order valence-corrected chi connectivity index (χ1v) is 5.82. The monoisotopic (exact) mass is 247 g/mol. The van der Waals surface area contributed by atoms with E-state index in [-0.39, 0.29) is 11.5 Å². The largest absolute Gasteiger partial charge is 0.381 e. The molecule has 2 aromatic heterocycles. The fourth-order valence-electron chi connectivity index (χ4n) is 1.94. The van der Waals surface area contributed by atoms with Gasteiger partial charge in [-0.25, -0.2) is 0 Å². The minimum atomic E-state index is -0.101. The third-order valence-corrected chi connectivity index (χ3v) is 3.09. The lowest BCUT2D eigenvalue weighted by Crippen LogP contribution is -2.14. The molecule has 0 bridgehead atoms. The van der Waals surface area contributed by atoms with Gasteiger partial charge in [0, 0.05) is 37.4 Å². The fraction of sp³-hybridized carbons (Fsp3) is 0.417. The maximum Gasteiger partial charge on any atom is 0.258 e. The van der Waals surface area contributed by atoms with Gasteiger partial charge in [-0.1, -0.05) is 5.16 Å². The molecular formula is C12H13N3O3. The smallest absolute Gasteiger partial charge is 0.258 e. The summed E-state index contributed by atoms with van der Waals surface area (Å²) in [4.78, 5) is 15.9. The van der Waals surface area contributed by atoms with Crippen LogP contribution in [0.25, 0.3) is 11.5 Å². The molecule has 0 aliphatic carbocycles. The molecule has 1 atom stereocenters. The van der Waals surface area contributed by atoms with E-state index in [1.807, 2.05) is 0 Å². The Morgan fingerprint density at radius 1 is 1.50 bits per heavy atom. The van der Waals surface area contributed by atoms with Crippen LogP contribution in [0.15, 0.2) is 27.6 Å². The van der Waals surface area contributed by atoms with Crippen LogP contribution in [0.3, 0.4) is 0 Å². The zero-order valence-corrected chi connectivity index (χ0v) is 10.00. The zero-order chi connectivity index (χ0) is 12.5. The molecule has 94 valence electrons. The number of hydrogen-bond acceptors (Lipinski definition) is 5. The number of rotatable bonds is 2. The summed E-state index contributed by atoms with van der Waals surface area (Å²) in [6, 6.07) is 3.27. The summed E-state index contributed by atoms with van der Waals surface area (Å²) >= 11 is 0. The van der Waals surface area contributed by atoms with Crippen LogP contribution in [0.4, 0.5) is 0 Å². The van der Waals surface area contributed by atoms with Gasteiger partial charge in [-0.05, 0) is 12.5 Å². The molecule has 3 rings (SSSR count). The molecule has 1 aliphatic heterocycles. The SMILES string of the molecule is Cn1ccc(-c2nc(C3CCOC3)no2)cc1=O. The zero-order valence-electron chi connectivity index (χ0n) is 10.00. The predicted octanol–water partition coefficient (Wildman–Crippen LogP) is 0.939. The summed E-state index contributed by atoms with van der Waals surface area (Å²) < 4.78 is 12.0. The minimum absolute atomic E-state index is 0.101. The third-order valence-electron chi connectivity index (χ3n) is 3.09. The third kappa shape index (κ3) is 1.95. The lowest BCUT2D eigenvalue weighted by atomic mass is 10.1.